The van der Waals surface area contributed by atoms with E-state index in [2.05, 4.69) is 0 Å². The third kappa shape index (κ3) is 1.59. The molecule has 74 valence electrons. The predicted molar refractivity (Wildman–Crippen MR) is 47.6 cm³/mol. The Morgan fingerprint density at radius 1 is 1.14 bits per heavy atom. The fourth-order valence-electron chi connectivity index (χ4n) is 0.980. The van der Waals surface area contributed by atoms with Crippen molar-refractivity contribution in [3.8, 4) is 0 Å². The zero-order valence-corrected chi connectivity index (χ0v) is 6.84. The zero-order valence-electron chi connectivity index (χ0n) is 6.84. The van der Waals surface area contributed by atoms with Crippen LogP contribution in [0.1, 0.15) is 0 Å². The molecule has 8 nitrogen and oxygen atoms in total. The Bertz CT molecular complexity index is 359. The van der Waals surface area contributed by atoms with Crippen molar-refractivity contribution < 1.29 is 9.85 Å². The number of nitrogens with zero attached hydrogens (tertiary/aromatic N) is 2. The van der Waals surface area contributed by atoms with Crippen molar-refractivity contribution in [2.45, 2.75) is 0 Å². The van der Waals surface area contributed by atoms with Crippen LogP contribution in [-0.2, 0) is 0 Å². The largest absolute Gasteiger partial charge is 0.313 e. The second-order valence-corrected chi connectivity index (χ2v) is 2.33. The number of hydrogen-bond acceptors (Lipinski definition) is 6. The summed E-state index contributed by atoms with van der Waals surface area (Å²) in [6, 6.07) is 3.47. The van der Waals surface area contributed by atoms with Crippen LogP contribution in [0.15, 0.2) is 18.2 Å². The van der Waals surface area contributed by atoms with E-state index in [4.69, 9.17) is 5.84 Å². The van der Waals surface area contributed by atoms with E-state index < -0.39 is 21.2 Å². The summed E-state index contributed by atoms with van der Waals surface area (Å²) in [6.07, 6.45) is 0. The van der Waals surface area contributed by atoms with Gasteiger partial charge in [-0.15, -0.1) is 0 Å². The number of nitro benzene ring substituents is 2. The summed E-state index contributed by atoms with van der Waals surface area (Å²) in [4.78, 5) is 19.4. The van der Waals surface area contributed by atoms with Crippen molar-refractivity contribution in [1.29, 1.82) is 0 Å². The number of nitrogens with one attached hydrogen (secondary N) is 1. The van der Waals surface area contributed by atoms with Crippen LogP contribution >= 0.6 is 0 Å². The van der Waals surface area contributed by atoms with Crippen molar-refractivity contribution in [2.24, 2.45) is 5.84 Å². The molecule has 0 atom stereocenters. The lowest BCUT2D eigenvalue weighted by atomic mass is 10.2. The highest BCUT2D eigenvalue weighted by Gasteiger charge is 2.23. The second kappa shape index (κ2) is 3.66. The number of para-hydroxylation sites is 1. The summed E-state index contributed by atoms with van der Waals surface area (Å²) < 4.78 is 0. The molecule has 0 radical (unpaired) electrons. The number of nitrogens with two attached hydrogens (primary N) is 1. The molecule has 14 heavy (non-hydrogen) atoms. The van der Waals surface area contributed by atoms with Gasteiger partial charge in [0.1, 0.15) is 0 Å². The molecule has 1 aromatic carbocycles. The monoisotopic (exact) mass is 198 g/mol. The van der Waals surface area contributed by atoms with Gasteiger partial charge < -0.3 is 5.43 Å². The van der Waals surface area contributed by atoms with Gasteiger partial charge in [-0.25, -0.2) is 0 Å². The summed E-state index contributed by atoms with van der Waals surface area (Å²) >= 11 is 0. The molecule has 8 heteroatoms. The van der Waals surface area contributed by atoms with Crippen molar-refractivity contribution in [3.05, 3.63) is 38.4 Å². The van der Waals surface area contributed by atoms with Gasteiger partial charge >= 0.3 is 11.4 Å². The van der Waals surface area contributed by atoms with Gasteiger partial charge in [0.15, 0.2) is 0 Å². The molecular weight excluding hydrogens is 192 g/mol. The van der Waals surface area contributed by atoms with Gasteiger partial charge in [-0.1, -0.05) is 0 Å². The molecule has 3 N–H and O–H groups in total. The summed E-state index contributed by atoms with van der Waals surface area (Å²) in [5.74, 6) is 4.97. The fraction of sp³-hybridized carbons (Fsp3) is 0. The molecule has 1 aromatic rings. The third-order valence-corrected chi connectivity index (χ3v) is 1.56. The Hall–Kier alpha value is -2.22. The normalized spacial score (nSPS) is 9.50. The van der Waals surface area contributed by atoms with Gasteiger partial charge in [0.2, 0.25) is 5.69 Å². The smallest absolute Gasteiger partial charge is 0.300 e. The SMILES string of the molecule is NNc1c([N+](=O)[O-])cccc1[N+](=O)[O-]. The zero-order chi connectivity index (χ0) is 10.7. The van der Waals surface area contributed by atoms with E-state index in [0.717, 1.165) is 12.1 Å². The Morgan fingerprint density at radius 2 is 1.57 bits per heavy atom. The number of nitrogen functional groups attached to an aromatic ring is 1. The topological polar surface area (TPSA) is 124 Å². The van der Waals surface area contributed by atoms with Gasteiger partial charge in [0.25, 0.3) is 0 Å². The first-order chi connectivity index (χ1) is 6.57. The van der Waals surface area contributed by atoms with E-state index in [-0.39, 0.29) is 5.69 Å². The lowest BCUT2D eigenvalue weighted by molar-refractivity contribution is -0.392. The molecule has 0 aliphatic rings. The van der Waals surface area contributed by atoms with Crippen LogP contribution in [0, 0.1) is 20.2 Å². The maximum atomic E-state index is 10.4. The molecule has 0 unspecified atom stereocenters. The van der Waals surface area contributed by atoms with E-state index in [1.165, 1.54) is 6.07 Å². The maximum Gasteiger partial charge on any atom is 0.300 e. The van der Waals surface area contributed by atoms with Crippen LogP contribution < -0.4 is 11.3 Å². The van der Waals surface area contributed by atoms with E-state index in [1.54, 1.807) is 0 Å². The minimum atomic E-state index is -0.748. The Labute approximate surface area is 77.6 Å². The molecule has 0 bridgehead atoms. The molecule has 0 amide bonds. The fourth-order valence-corrected chi connectivity index (χ4v) is 0.980. The van der Waals surface area contributed by atoms with Crippen molar-refractivity contribution in [1.82, 2.24) is 0 Å². The summed E-state index contributed by atoms with van der Waals surface area (Å²) in [7, 11) is 0. The summed E-state index contributed by atoms with van der Waals surface area (Å²) in [6.45, 7) is 0. The van der Waals surface area contributed by atoms with Crippen molar-refractivity contribution >= 4 is 17.1 Å². The van der Waals surface area contributed by atoms with E-state index >= 15 is 0 Å². The highest BCUT2D eigenvalue weighted by Crippen LogP contribution is 2.32. The van der Waals surface area contributed by atoms with E-state index in [9.17, 15) is 20.2 Å². The first-order valence-electron chi connectivity index (χ1n) is 3.46. The third-order valence-electron chi connectivity index (χ3n) is 1.56. The quantitative estimate of drug-likeness (QED) is 0.420. The molecular formula is C6H6N4O4. The number of rotatable bonds is 3. The number of hydrazine groups is 1. The van der Waals surface area contributed by atoms with Gasteiger partial charge in [-0.2, -0.15) is 0 Å². The molecule has 0 aliphatic carbocycles. The first kappa shape index (κ1) is 9.86. The number of hydrogen-bond donors (Lipinski definition) is 2. The Balaban J connectivity index is 3.39. The molecule has 0 spiro atoms. The van der Waals surface area contributed by atoms with E-state index in [0.29, 0.717) is 0 Å². The minimum Gasteiger partial charge on any atom is -0.313 e. The van der Waals surface area contributed by atoms with Crippen LogP contribution in [0.5, 0.6) is 0 Å². The maximum absolute atomic E-state index is 10.4. The van der Waals surface area contributed by atoms with Crippen LogP contribution in [0.3, 0.4) is 0 Å². The van der Waals surface area contributed by atoms with Gasteiger partial charge in [0, 0.05) is 12.1 Å². The standard InChI is InChI=1S/C6H6N4O4/c7-8-6-4(9(11)12)2-1-3-5(6)10(13)14/h1-3,8H,7H2. The molecule has 0 heterocycles. The molecule has 0 saturated heterocycles. The average molecular weight is 198 g/mol. The van der Waals surface area contributed by atoms with E-state index in [1.807, 2.05) is 5.43 Å². The molecule has 1 rings (SSSR count). The number of benzene rings is 1. The van der Waals surface area contributed by atoms with Gasteiger partial charge in [-0.3, -0.25) is 26.1 Å². The lowest BCUT2D eigenvalue weighted by Crippen LogP contribution is -2.11. The predicted octanol–water partition coefficient (Wildman–Crippen LogP) is 0.789. The van der Waals surface area contributed by atoms with Crippen molar-refractivity contribution in [2.75, 3.05) is 5.43 Å². The Kier molecular flexibility index (Phi) is 2.58. The van der Waals surface area contributed by atoms with Crippen LogP contribution in [-0.4, -0.2) is 9.85 Å². The number of anilines is 1. The van der Waals surface area contributed by atoms with Crippen LogP contribution in [0.25, 0.3) is 0 Å². The minimum absolute atomic E-state index is 0.303. The molecule has 0 saturated carbocycles. The lowest BCUT2D eigenvalue weighted by Gasteiger charge is -2.01. The second-order valence-electron chi connectivity index (χ2n) is 2.33. The van der Waals surface area contributed by atoms with Gasteiger partial charge in [-0.05, 0) is 6.07 Å². The molecule has 0 aliphatic heterocycles. The van der Waals surface area contributed by atoms with Gasteiger partial charge in [0.05, 0.1) is 9.85 Å². The molecule has 0 aromatic heterocycles. The van der Waals surface area contributed by atoms with Crippen LogP contribution in [0.4, 0.5) is 17.1 Å². The molecule has 0 fully saturated rings. The summed E-state index contributed by atoms with van der Waals surface area (Å²) in [5, 5.41) is 20.9. The Morgan fingerprint density at radius 3 is 1.86 bits per heavy atom. The first-order valence-corrected chi connectivity index (χ1v) is 3.46. The van der Waals surface area contributed by atoms with Crippen LogP contribution in [0.2, 0.25) is 0 Å². The highest BCUT2D eigenvalue weighted by atomic mass is 16.6. The average Bonchev–Trinajstić information content (AvgIpc) is 2.16. The summed E-state index contributed by atoms with van der Waals surface area (Å²) in [5.41, 5.74) is 0.782. The number of nitro groups is 2. The van der Waals surface area contributed by atoms with Crippen molar-refractivity contribution in [3.63, 3.8) is 0 Å². The highest BCUT2D eigenvalue weighted by molar-refractivity contribution is 5.72.